The van der Waals surface area contributed by atoms with E-state index < -0.39 is 0 Å². The molecule has 0 bridgehead atoms. The minimum atomic E-state index is 0.498. The van der Waals surface area contributed by atoms with E-state index >= 15 is 0 Å². The number of nitroso groups, excluding NO2 is 1. The highest BCUT2D eigenvalue weighted by Crippen LogP contribution is 2.07. The molecule has 0 saturated heterocycles. The molecule has 0 aromatic carbocycles. The minimum Gasteiger partial charge on any atom is -0.151 e. The maximum atomic E-state index is 9.65. The fraction of sp³-hybridized carbons (Fsp3) is 1.00. The Bertz CT molecular complexity index is 81.3. The summed E-state index contributed by atoms with van der Waals surface area (Å²) in [4.78, 5) is 9.65. The lowest BCUT2D eigenvalue weighted by atomic mass is 10.1. The van der Waals surface area contributed by atoms with Gasteiger partial charge >= 0.3 is 0 Å². The van der Waals surface area contributed by atoms with Crippen molar-refractivity contribution in [1.82, 2.24) is 0 Å². The van der Waals surface area contributed by atoms with Gasteiger partial charge in [0.15, 0.2) is 0 Å². The molecule has 0 aromatic heterocycles. The van der Waals surface area contributed by atoms with Gasteiger partial charge in [0.1, 0.15) is 0 Å². The number of unbranched alkanes of at least 4 members (excludes halogenated alkanes) is 2. The average molecular weight is 143 g/mol. The van der Waals surface area contributed by atoms with Crippen LogP contribution in [0.15, 0.2) is 5.18 Å². The summed E-state index contributed by atoms with van der Waals surface area (Å²) in [6, 6.07) is 0. The Morgan fingerprint density at radius 2 is 1.90 bits per heavy atom. The van der Waals surface area contributed by atoms with E-state index in [2.05, 4.69) is 19.0 Å². The Morgan fingerprint density at radius 1 is 1.20 bits per heavy atom. The lowest BCUT2D eigenvalue weighted by molar-refractivity contribution is 0.529. The zero-order chi connectivity index (χ0) is 7.82. The van der Waals surface area contributed by atoms with Crippen LogP contribution in [0.2, 0.25) is 0 Å². The highest BCUT2D eigenvalue weighted by molar-refractivity contribution is 4.48. The fourth-order valence-electron chi connectivity index (χ4n) is 0.906. The summed E-state index contributed by atoms with van der Waals surface area (Å²) in [5, 5.41) is 2.80. The quantitative estimate of drug-likeness (QED) is 0.415. The maximum absolute atomic E-state index is 9.65. The molecule has 0 N–H and O–H groups in total. The standard InChI is InChI=1S/C8H17NO/c1-8(2)6-4-3-5-7-9-10/h8H,3-7H2,1-2H3. The second-order valence-electron chi connectivity index (χ2n) is 3.10. The minimum absolute atomic E-state index is 0.498. The highest BCUT2D eigenvalue weighted by Gasteiger charge is 1.93. The zero-order valence-corrected chi connectivity index (χ0v) is 6.97. The van der Waals surface area contributed by atoms with Crippen LogP contribution >= 0.6 is 0 Å². The van der Waals surface area contributed by atoms with Gasteiger partial charge in [-0.25, -0.2) is 0 Å². The van der Waals surface area contributed by atoms with Gasteiger partial charge in [0.25, 0.3) is 0 Å². The largest absolute Gasteiger partial charge is 0.151 e. The van der Waals surface area contributed by atoms with Crippen LogP contribution in [-0.2, 0) is 0 Å². The van der Waals surface area contributed by atoms with Gasteiger partial charge in [-0.1, -0.05) is 38.3 Å². The predicted octanol–water partition coefficient (Wildman–Crippen LogP) is 2.97. The molecule has 60 valence electrons. The second-order valence-corrected chi connectivity index (χ2v) is 3.10. The van der Waals surface area contributed by atoms with Crippen LogP contribution in [0.1, 0.15) is 39.5 Å². The summed E-state index contributed by atoms with van der Waals surface area (Å²) in [5.74, 6) is 0.796. The van der Waals surface area contributed by atoms with E-state index in [-0.39, 0.29) is 0 Å². The Balaban J connectivity index is 2.83. The number of rotatable bonds is 6. The zero-order valence-electron chi connectivity index (χ0n) is 6.97. The van der Waals surface area contributed by atoms with Crippen LogP contribution < -0.4 is 0 Å². The first-order chi connectivity index (χ1) is 4.77. The summed E-state index contributed by atoms with van der Waals surface area (Å²) < 4.78 is 0. The van der Waals surface area contributed by atoms with E-state index in [9.17, 15) is 4.91 Å². The van der Waals surface area contributed by atoms with E-state index in [1.165, 1.54) is 12.8 Å². The van der Waals surface area contributed by atoms with Crippen molar-refractivity contribution in [2.24, 2.45) is 11.1 Å². The summed E-state index contributed by atoms with van der Waals surface area (Å²) in [6.45, 7) is 4.94. The first-order valence-corrected chi connectivity index (χ1v) is 4.06. The molecule has 10 heavy (non-hydrogen) atoms. The van der Waals surface area contributed by atoms with E-state index in [1.54, 1.807) is 0 Å². The molecular formula is C8H17NO. The molecule has 2 heteroatoms. The van der Waals surface area contributed by atoms with Crippen LogP contribution in [0.5, 0.6) is 0 Å². The lowest BCUT2D eigenvalue weighted by Gasteiger charge is -2.01. The molecule has 2 nitrogen and oxygen atoms in total. The van der Waals surface area contributed by atoms with Gasteiger partial charge in [0, 0.05) is 0 Å². The van der Waals surface area contributed by atoms with Crippen LogP contribution in [0.25, 0.3) is 0 Å². The van der Waals surface area contributed by atoms with Gasteiger partial charge in [-0.3, -0.25) is 0 Å². The van der Waals surface area contributed by atoms with E-state index in [0.717, 1.165) is 18.8 Å². The van der Waals surface area contributed by atoms with Gasteiger partial charge < -0.3 is 0 Å². The summed E-state index contributed by atoms with van der Waals surface area (Å²) >= 11 is 0. The number of hydrogen-bond acceptors (Lipinski definition) is 2. The average Bonchev–Trinajstić information content (AvgIpc) is 1.87. The molecule has 0 radical (unpaired) electrons. The summed E-state index contributed by atoms with van der Waals surface area (Å²) in [5.41, 5.74) is 0. The van der Waals surface area contributed by atoms with Crippen molar-refractivity contribution in [1.29, 1.82) is 0 Å². The van der Waals surface area contributed by atoms with Crippen molar-refractivity contribution in [3.8, 4) is 0 Å². The van der Waals surface area contributed by atoms with Crippen LogP contribution in [0.4, 0.5) is 0 Å². The van der Waals surface area contributed by atoms with Gasteiger partial charge in [0.2, 0.25) is 0 Å². The Kier molecular flexibility index (Phi) is 6.45. The van der Waals surface area contributed by atoms with E-state index in [4.69, 9.17) is 0 Å². The summed E-state index contributed by atoms with van der Waals surface area (Å²) in [7, 11) is 0. The maximum Gasteiger partial charge on any atom is 0.0811 e. The number of hydrogen-bond donors (Lipinski definition) is 0. The normalized spacial score (nSPS) is 10.3. The molecule has 0 amide bonds. The van der Waals surface area contributed by atoms with Gasteiger partial charge in [-0.05, 0) is 12.3 Å². The van der Waals surface area contributed by atoms with Crippen LogP contribution in [-0.4, -0.2) is 6.54 Å². The Morgan fingerprint density at radius 3 is 2.40 bits per heavy atom. The molecule has 0 rings (SSSR count). The first-order valence-electron chi connectivity index (χ1n) is 4.06. The molecule has 0 aliphatic carbocycles. The third-order valence-electron chi connectivity index (χ3n) is 1.53. The smallest absolute Gasteiger partial charge is 0.0811 e. The molecule has 0 aliphatic heterocycles. The molecular weight excluding hydrogens is 126 g/mol. The molecule has 0 heterocycles. The van der Waals surface area contributed by atoms with Crippen LogP contribution in [0, 0.1) is 10.8 Å². The predicted molar refractivity (Wildman–Crippen MR) is 44.0 cm³/mol. The molecule has 0 spiro atoms. The van der Waals surface area contributed by atoms with Crippen molar-refractivity contribution in [2.45, 2.75) is 39.5 Å². The van der Waals surface area contributed by atoms with Gasteiger partial charge in [0.05, 0.1) is 6.54 Å². The number of nitrogens with zero attached hydrogens (tertiary/aromatic N) is 1. The van der Waals surface area contributed by atoms with Crippen molar-refractivity contribution in [3.63, 3.8) is 0 Å². The van der Waals surface area contributed by atoms with Crippen molar-refractivity contribution < 1.29 is 0 Å². The second kappa shape index (κ2) is 6.72. The fourth-order valence-corrected chi connectivity index (χ4v) is 0.906. The summed E-state index contributed by atoms with van der Waals surface area (Å²) in [6.07, 6.45) is 4.65. The highest BCUT2D eigenvalue weighted by atomic mass is 16.3. The molecule has 0 aromatic rings. The monoisotopic (exact) mass is 143 g/mol. The van der Waals surface area contributed by atoms with Crippen molar-refractivity contribution in [3.05, 3.63) is 4.91 Å². The lowest BCUT2D eigenvalue weighted by Crippen LogP contribution is -1.87. The van der Waals surface area contributed by atoms with E-state index in [0.29, 0.717) is 6.54 Å². The first kappa shape index (κ1) is 9.60. The molecule has 0 saturated carbocycles. The topological polar surface area (TPSA) is 29.4 Å². The molecule has 0 unspecified atom stereocenters. The Hall–Kier alpha value is -0.400. The SMILES string of the molecule is CC(C)CCCCCN=O. The van der Waals surface area contributed by atoms with Crippen LogP contribution in [0.3, 0.4) is 0 Å². The Labute approximate surface area is 63.0 Å². The van der Waals surface area contributed by atoms with Crippen molar-refractivity contribution in [2.75, 3.05) is 6.54 Å². The van der Waals surface area contributed by atoms with Gasteiger partial charge in [-0.2, -0.15) is 4.91 Å². The van der Waals surface area contributed by atoms with Gasteiger partial charge in [-0.15, -0.1) is 0 Å². The molecule has 0 atom stereocenters. The third kappa shape index (κ3) is 7.60. The molecule has 0 fully saturated rings. The third-order valence-corrected chi connectivity index (χ3v) is 1.53. The molecule has 0 aliphatic rings. The van der Waals surface area contributed by atoms with Crippen molar-refractivity contribution >= 4 is 0 Å². The van der Waals surface area contributed by atoms with E-state index in [1.807, 2.05) is 0 Å².